The van der Waals surface area contributed by atoms with Gasteiger partial charge < -0.3 is 4.42 Å². The first-order valence-electron chi connectivity index (χ1n) is 10.4. The normalized spacial score (nSPS) is 15.6. The highest BCUT2D eigenvalue weighted by molar-refractivity contribution is 7.98. The van der Waals surface area contributed by atoms with Crippen LogP contribution in [0.1, 0.15) is 57.5 Å². The van der Waals surface area contributed by atoms with Crippen molar-refractivity contribution in [3.8, 4) is 5.69 Å². The van der Waals surface area contributed by atoms with Crippen LogP contribution in [0, 0.1) is 5.82 Å². The van der Waals surface area contributed by atoms with E-state index in [1.807, 2.05) is 4.57 Å². The fourth-order valence-electron chi connectivity index (χ4n) is 3.51. The lowest BCUT2D eigenvalue weighted by atomic mass is 9.94. The van der Waals surface area contributed by atoms with Gasteiger partial charge in [-0.3, -0.25) is 9.47 Å². The molecule has 1 saturated heterocycles. The molecule has 0 atom stereocenters. The number of nitrogens with zero attached hydrogens (tertiary/aromatic N) is 5. The first-order chi connectivity index (χ1) is 14.4. The van der Waals surface area contributed by atoms with E-state index in [1.165, 1.54) is 43.2 Å². The summed E-state index contributed by atoms with van der Waals surface area (Å²) in [6.07, 6.45) is 5.51. The fourth-order valence-corrected chi connectivity index (χ4v) is 4.34. The zero-order chi connectivity index (χ0) is 21.1. The quantitative estimate of drug-likeness (QED) is 0.516. The Kier molecular flexibility index (Phi) is 6.24. The zero-order valence-electron chi connectivity index (χ0n) is 17.8. The molecule has 8 heteroatoms. The molecule has 1 aliphatic rings. The molecule has 0 aliphatic carbocycles. The monoisotopic (exact) mass is 429 g/mol. The van der Waals surface area contributed by atoms with Gasteiger partial charge >= 0.3 is 0 Å². The maximum atomic E-state index is 13.5. The zero-order valence-corrected chi connectivity index (χ0v) is 18.6. The van der Waals surface area contributed by atoms with Crippen molar-refractivity contribution in [2.24, 2.45) is 0 Å². The highest BCUT2D eigenvalue weighted by Gasteiger charge is 2.21. The molecular weight excluding hydrogens is 401 g/mol. The second-order valence-electron chi connectivity index (χ2n) is 8.70. The number of benzene rings is 1. The first-order valence-corrected chi connectivity index (χ1v) is 11.4. The summed E-state index contributed by atoms with van der Waals surface area (Å²) in [6, 6.07) is 6.48. The van der Waals surface area contributed by atoms with Gasteiger partial charge in [-0.25, -0.2) is 9.37 Å². The number of hydrogen-bond acceptors (Lipinski definition) is 6. The summed E-state index contributed by atoms with van der Waals surface area (Å²) in [5.41, 5.74) is 0.782. The molecule has 0 saturated carbocycles. The molecule has 0 radical (unpaired) electrons. The molecule has 1 aliphatic heterocycles. The standard InChI is InChI=1S/C22H28FN5OS/c1-22(2,3)18-13-24-20(29-18)15-30-21-26-25-19(14-27-11-5-4-6-12-27)28(21)17-9-7-16(23)8-10-17/h7-10,13H,4-6,11-12,14-15H2,1-3H3. The minimum Gasteiger partial charge on any atom is -0.444 e. The maximum Gasteiger partial charge on any atom is 0.204 e. The molecule has 4 rings (SSSR count). The van der Waals surface area contributed by atoms with Gasteiger partial charge in [-0.05, 0) is 50.2 Å². The Morgan fingerprint density at radius 2 is 1.80 bits per heavy atom. The Bertz CT molecular complexity index is 970. The van der Waals surface area contributed by atoms with Gasteiger partial charge in [0.1, 0.15) is 11.6 Å². The molecule has 0 spiro atoms. The first kappa shape index (κ1) is 21.1. The van der Waals surface area contributed by atoms with Crippen LogP contribution in [0.5, 0.6) is 0 Å². The van der Waals surface area contributed by atoms with Gasteiger partial charge in [0.2, 0.25) is 5.89 Å². The van der Waals surface area contributed by atoms with Gasteiger partial charge in [0.25, 0.3) is 0 Å². The smallest absolute Gasteiger partial charge is 0.204 e. The van der Waals surface area contributed by atoms with E-state index in [1.54, 1.807) is 18.3 Å². The number of rotatable bonds is 6. The minimum absolute atomic E-state index is 0.0777. The fraction of sp³-hybridized carbons (Fsp3) is 0.500. The van der Waals surface area contributed by atoms with Crippen molar-refractivity contribution in [1.82, 2.24) is 24.6 Å². The Labute approximate surface area is 180 Å². The summed E-state index contributed by atoms with van der Waals surface area (Å²) in [5, 5.41) is 9.66. The van der Waals surface area contributed by atoms with Crippen LogP contribution in [0.2, 0.25) is 0 Å². The average molecular weight is 430 g/mol. The lowest BCUT2D eigenvalue weighted by molar-refractivity contribution is 0.214. The van der Waals surface area contributed by atoms with E-state index in [0.29, 0.717) is 11.6 Å². The molecule has 0 unspecified atom stereocenters. The number of oxazole rings is 1. The number of aromatic nitrogens is 4. The molecule has 3 aromatic rings. The van der Waals surface area contributed by atoms with Crippen molar-refractivity contribution in [3.63, 3.8) is 0 Å². The van der Waals surface area contributed by atoms with E-state index in [2.05, 4.69) is 40.9 Å². The Hall–Kier alpha value is -2.19. The van der Waals surface area contributed by atoms with Crippen LogP contribution in [0.3, 0.4) is 0 Å². The van der Waals surface area contributed by atoms with Crippen LogP contribution in [-0.4, -0.2) is 37.7 Å². The SMILES string of the molecule is CC(C)(C)c1cnc(CSc2nnc(CN3CCCCC3)n2-c2ccc(F)cc2)o1. The molecular formula is C22H28FN5OS. The predicted molar refractivity (Wildman–Crippen MR) is 115 cm³/mol. The van der Waals surface area contributed by atoms with E-state index in [4.69, 9.17) is 4.42 Å². The second kappa shape index (κ2) is 8.89. The highest BCUT2D eigenvalue weighted by Crippen LogP contribution is 2.28. The van der Waals surface area contributed by atoms with Gasteiger partial charge in [-0.15, -0.1) is 10.2 Å². The number of thioether (sulfide) groups is 1. The Balaban J connectivity index is 1.57. The molecule has 0 N–H and O–H groups in total. The van der Waals surface area contributed by atoms with Crippen LogP contribution in [0.25, 0.3) is 5.69 Å². The topological polar surface area (TPSA) is 60.0 Å². The van der Waals surface area contributed by atoms with E-state index in [0.717, 1.165) is 42.1 Å². The van der Waals surface area contributed by atoms with Crippen LogP contribution < -0.4 is 0 Å². The van der Waals surface area contributed by atoms with Crippen molar-refractivity contribution < 1.29 is 8.81 Å². The maximum absolute atomic E-state index is 13.5. The summed E-state index contributed by atoms with van der Waals surface area (Å²) in [7, 11) is 0. The Morgan fingerprint density at radius 3 is 2.47 bits per heavy atom. The molecule has 0 amide bonds. The Morgan fingerprint density at radius 1 is 1.07 bits per heavy atom. The number of hydrogen-bond donors (Lipinski definition) is 0. The van der Waals surface area contributed by atoms with Crippen LogP contribution in [0.4, 0.5) is 4.39 Å². The van der Waals surface area contributed by atoms with Crippen molar-refractivity contribution in [1.29, 1.82) is 0 Å². The van der Waals surface area contributed by atoms with Crippen LogP contribution in [0.15, 0.2) is 40.0 Å². The van der Waals surface area contributed by atoms with E-state index < -0.39 is 0 Å². The largest absolute Gasteiger partial charge is 0.444 e. The van der Waals surface area contributed by atoms with E-state index >= 15 is 0 Å². The molecule has 30 heavy (non-hydrogen) atoms. The summed E-state index contributed by atoms with van der Waals surface area (Å²) in [6.45, 7) is 9.18. The number of halogens is 1. The predicted octanol–water partition coefficient (Wildman–Crippen LogP) is 4.97. The van der Waals surface area contributed by atoms with Gasteiger partial charge in [-0.2, -0.15) is 0 Å². The van der Waals surface area contributed by atoms with E-state index in [9.17, 15) is 4.39 Å². The summed E-state index contributed by atoms with van der Waals surface area (Å²) >= 11 is 1.53. The second-order valence-corrected chi connectivity index (χ2v) is 9.65. The van der Waals surface area contributed by atoms with Gasteiger partial charge in [0.05, 0.1) is 18.5 Å². The molecule has 0 bridgehead atoms. The summed E-state index contributed by atoms with van der Waals surface area (Å²) < 4.78 is 21.4. The van der Waals surface area contributed by atoms with Crippen molar-refractivity contribution >= 4 is 11.8 Å². The molecule has 1 fully saturated rings. The number of piperidine rings is 1. The summed E-state index contributed by atoms with van der Waals surface area (Å²) in [4.78, 5) is 6.82. The van der Waals surface area contributed by atoms with Gasteiger partial charge in [0, 0.05) is 11.1 Å². The third kappa shape index (κ3) is 4.92. The molecule has 1 aromatic carbocycles. The van der Waals surface area contributed by atoms with Crippen molar-refractivity contribution in [2.45, 2.75) is 62.9 Å². The van der Waals surface area contributed by atoms with Crippen LogP contribution >= 0.6 is 11.8 Å². The molecule has 3 heterocycles. The highest BCUT2D eigenvalue weighted by atomic mass is 32.2. The third-order valence-corrected chi connectivity index (χ3v) is 6.13. The lowest BCUT2D eigenvalue weighted by Crippen LogP contribution is -2.30. The lowest BCUT2D eigenvalue weighted by Gasteiger charge is -2.26. The molecule has 2 aromatic heterocycles. The van der Waals surface area contributed by atoms with Gasteiger partial charge in [-0.1, -0.05) is 39.0 Å². The van der Waals surface area contributed by atoms with Crippen molar-refractivity contribution in [3.05, 3.63) is 53.8 Å². The van der Waals surface area contributed by atoms with Crippen molar-refractivity contribution in [2.75, 3.05) is 13.1 Å². The van der Waals surface area contributed by atoms with Crippen LogP contribution in [-0.2, 0) is 17.7 Å². The average Bonchev–Trinajstić information content (AvgIpc) is 3.35. The number of likely N-dealkylation sites (tertiary alicyclic amines) is 1. The molecule has 6 nitrogen and oxygen atoms in total. The van der Waals surface area contributed by atoms with Gasteiger partial charge in [0.15, 0.2) is 11.0 Å². The minimum atomic E-state index is -0.256. The van der Waals surface area contributed by atoms with E-state index in [-0.39, 0.29) is 11.2 Å². The third-order valence-electron chi connectivity index (χ3n) is 5.22. The molecule has 160 valence electrons. The summed E-state index contributed by atoms with van der Waals surface area (Å²) in [5.74, 6) is 2.70.